The highest BCUT2D eigenvalue weighted by atomic mass is 79.9. The van der Waals surface area contributed by atoms with E-state index in [9.17, 15) is 4.39 Å². The minimum absolute atomic E-state index is 0.277. The van der Waals surface area contributed by atoms with Crippen molar-refractivity contribution in [2.45, 2.75) is 18.9 Å². The SMILES string of the molecule is Fc1ccc2nc(Cl)n(C3CC3)c2c1Br. The minimum Gasteiger partial charge on any atom is -0.310 e. The first-order valence-corrected chi connectivity index (χ1v) is 5.87. The number of nitrogens with zero attached hydrogens (tertiary/aromatic N) is 2. The van der Waals surface area contributed by atoms with E-state index >= 15 is 0 Å². The number of hydrogen-bond acceptors (Lipinski definition) is 1. The van der Waals surface area contributed by atoms with E-state index in [-0.39, 0.29) is 5.82 Å². The van der Waals surface area contributed by atoms with Crippen molar-refractivity contribution < 1.29 is 4.39 Å². The van der Waals surface area contributed by atoms with E-state index in [0.29, 0.717) is 15.8 Å². The Labute approximate surface area is 99.2 Å². The molecule has 0 radical (unpaired) electrons. The van der Waals surface area contributed by atoms with E-state index in [1.807, 2.05) is 4.57 Å². The lowest BCUT2D eigenvalue weighted by Crippen LogP contribution is -1.94. The lowest BCUT2D eigenvalue weighted by Gasteiger charge is -2.04. The highest BCUT2D eigenvalue weighted by Crippen LogP contribution is 2.42. The number of halogens is 3. The molecule has 2 aromatic rings. The van der Waals surface area contributed by atoms with Gasteiger partial charge in [-0.25, -0.2) is 9.37 Å². The summed E-state index contributed by atoms with van der Waals surface area (Å²) in [5, 5.41) is 0.443. The first-order chi connectivity index (χ1) is 7.18. The average Bonchev–Trinajstić information content (AvgIpc) is 2.97. The van der Waals surface area contributed by atoms with Crippen molar-refractivity contribution in [3.05, 3.63) is 27.7 Å². The molecule has 1 heterocycles. The number of hydrogen-bond donors (Lipinski definition) is 0. The second-order valence-corrected chi connectivity index (χ2v) is 4.84. The van der Waals surface area contributed by atoms with E-state index in [2.05, 4.69) is 20.9 Å². The second kappa shape index (κ2) is 3.19. The Kier molecular flexibility index (Phi) is 2.04. The second-order valence-electron chi connectivity index (χ2n) is 3.71. The summed E-state index contributed by atoms with van der Waals surface area (Å²) in [6.07, 6.45) is 2.18. The molecule has 0 aliphatic heterocycles. The number of fused-ring (bicyclic) bond motifs is 1. The van der Waals surface area contributed by atoms with Crippen LogP contribution in [0.3, 0.4) is 0 Å². The fraction of sp³-hybridized carbons (Fsp3) is 0.300. The normalized spacial score (nSPS) is 16.2. The summed E-state index contributed by atoms with van der Waals surface area (Å²) in [6.45, 7) is 0. The van der Waals surface area contributed by atoms with Gasteiger partial charge >= 0.3 is 0 Å². The molecule has 0 saturated heterocycles. The first-order valence-electron chi connectivity index (χ1n) is 4.70. The van der Waals surface area contributed by atoms with Crippen LogP contribution < -0.4 is 0 Å². The number of benzene rings is 1. The standard InChI is InChI=1S/C10H7BrClFN2/c11-8-6(13)3-4-7-9(8)15(5-1-2-5)10(12)14-7/h3-5H,1-2H2. The Bertz CT molecular complexity index is 548. The summed E-state index contributed by atoms with van der Waals surface area (Å²) >= 11 is 9.28. The number of imidazole rings is 1. The monoisotopic (exact) mass is 288 g/mol. The molecule has 1 fully saturated rings. The maximum Gasteiger partial charge on any atom is 0.204 e. The molecule has 1 aromatic heterocycles. The Hall–Kier alpha value is -0.610. The molecule has 1 saturated carbocycles. The Morgan fingerprint density at radius 2 is 2.20 bits per heavy atom. The van der Waals surface area contributed by atoms with E-state index in [1.54, 1.807) is 6.07 Å². The Morgan fingerprint density at radius 1 is 1.47 bits per heavy atom. The molecule has 0 bridgehead atoms. The summed E-state index contributed by atoms with van der Waals surface area (Å²) in [6, 6.07) is 3.44. The molecule has 0 unspecified atom stereocenters. The summed E-state index contributed by atoms with van der Waals surface area (Å²) in [7, 11) is 0. The zero-order valence-corrected chi connectivity index (χ0v) is 10.0. The highest BCUT2D eigenvalue weighted by molar-refractivity contribution is 9.10. The van der Waals surface area contributed by atoms with Crippen LogP contribution in [0.2, 0.25) is 5.28 Å². The fourth-order valence-electron chi connectivity index (χ4n) is 1.76. The maximum atomic E-state index is 13.4. The lowest BCUT2D eigenvalue weighted by molar-refractivity contribution is 0.621. The van der Waals surface area contributed by atoms with E-state index in [0.717, 1.165) is 23.9 Å². The molecule has 5 heteroatoms. The van der Waals surface area contributed by atoms with Crippen LogP contribution in [0.4, 0.5) is 4.39 Å². The number of rotatable bonds is 1. The molecular weight excluding hydrogens is 282 g/mol. The topological polar surface area (TPSA) is 17.8 Å². The summed E-state index contributed by atoms with van der Waals surface area (Å²) in [5.41, 5.74) is 1.50. The third kappa shape index (κ3) is 1.39. The van der Waals surface area contributed by atoms with Crippen molar-refractivity contribution in [3.8, 4) is 0 Å². The molecule has 0 atom stereocenters. The molecule has 1 aliphatic rings. The molecule has 3 rings (SSSR count). The highest BCUT2D eigenvalue weighted by Gasteiger charge is 2.29. The first kappa shape index (κ1) is 9.60. The van der Waals surface area contributed by atoms with Gasteiger partial charge in [-0.1, -0.05) is 0 Å². The minimum atomic E-state index is -0.277. The van der Waals surface area contributed by atoms with Gasteiger partial charge in [0.05, 0.1) is 15.5 Å². The van der Waals surface area contributed by atoms with Crippen molar-refractivity contribution in [1.82, 2.24) is 9.55 Å². The van der Waals surface area contributed by atoms with Crippen LogP contribution in [0.1, 0.15) is 18.9 Å². The zero-order chi connectivity index (χ0) is 10.6. The van der Waals surface area contributed by atoms with Crippen LogP contribution >= 0.6 is 27.5 Å². The van der Waals surface area contributed by atoms with Crippen molar-refractivity contribution >= 4 is 38.6 Å². The third-order valence-corrected chi connectivity index (χ3v) is 3.63. The Morgan fingerprint density at radius 3 is 2.87 bits per heavy atom. The summed E-state index contributed by atoms with van der Waals surface area (Å²) in [4.78, 5) is 4.21. The van der Waals surface area contributed by atoms with Crippen LogP contribution in [0.5, 0.6) is 0 Å². The average molecular weight is 290 g/mol. The molecule has 78 valence electrons. The molecular formula is C10H7BrClFN2. The molecule has 1 aliphatic carbocycles. The van der Waals surface area contributed by atoms with Gasteiger partial charge < -0.3 is 4.57 Å². The van der Waals surface area contributed by atoms with Crippen LogP contribution in [0.25, 0.3) is 11.0 Å². The van der Waals surface area contributed by atoms with Crippen molar-refractivity contribution in [3.63, 3.8) is 0 Å². The van der Waals surface area contributed by atoms with Crippen molar-refractivity contribution in [2.75, 3.05) is 0 Å². The lowest BCUT2D eigenvalue weighted by atomic mass is 10.3. The Balaban J connectivity index is 2.40. The van der Waals surface area contributed by atoms with Crippen LogP contribution in [0.15, 0.2) is 16.6 Å². The van der Waals surface area contributed by atoms with Crippen LogP contribution in [-0.2, 0) is 0 Å². The predicted molar refractivity (Wildman–Crippen MR) is 60.7 cm³/mol. The summed E-state index contributed by atoms with van der Waals surface area (Å²) < 4.78 is 15.7. The van der Waals surface area contributed by atoms with Gasteiger partial charge in [-0.2, -0.15) is 0 Å². The van der Waals surface area contributed by atoms with Gasteiger partial charge in [-0.15, -0.1) is 0 Å². The van der Waals surface area contributed by atoms with E-state index in [4.69, 9.17) is 11.6 Å². The smallest absolute Gasteiger partial charge is 0.204 e. The molecule has 1 aromatic carbocycles. The van der Waals surface area contributed by atoms with E-state index < -0.39 is 0 Å². The summed E-state index contributed by atoms with van der Waals surface area (Å²) in [5.74, 6) is -0.277. The zero-order valence-electron chi connectivity index (χ0n) is 7.67. The van der Waals surface area contributed by atoms with Gasteiger partial charge in [0.2, 0.25) is 5.28 Å². The van der Waals surface area contributed by atoms with Crippen LogP contribution in [0, 0.1) is 5.82 Å². The predicted octanol–water partition coefficient (Wildman–Crippen LogP) is 3.93. The van der Waals surface area contributed by atoms with Crippen molar-refractivity contribution in [1.29, 1.82) is 0 Å². The van der Waals surface area contributed by atoms with Gasteiger partial charge in [-0.05, 0) is 52.5 Å². The van der Waals surface area contributed by atoms with Gasteiger partial charge in [0.25, 0.3) is 0 Å². The molecule has 15 heavy (non-hydrogen) atoms. The van der Waals surface area contributed by atoms with Gasteiger partial charge in [0.1, 0.15) is 5.82 Å². The number of aromatic nitrogens is 2. The largest absolute Gasteiger partial charge is 0.310 e. The van der Waals surface area contributed by atoms with Gasteiger partial charge in [0.15, 0.2) is 0 Å². The van der Waals surface area contributed by atoms with Crippen molar-refractivity contribution in [2.24, 2.45) is 0 Å². The van der Waals surface area contributed by atoms with Gasteiger partial charge in [0, 0.05) is 6.04 Å². The fourth-order valence-corrected chi connectivity index (χ4v) is 2.60. The van der Waals surface area contributed by atoms with Crippen LogP contribution in [-0.4, -0.2) is 9.55 Å². The quantitative estimate of drug-likeness (QED) is 0.778. The van der Waals surface area contributed by atoms with E-state index in [1.165, 1.54) is 6.07 Å². The molecule has 0 N–H and O–H groups in total. The van der Waals surface area contributed by atoms with Gasteiger partial charge in [-0.3, -0.25) is 0 Å². The molecule has 0 spiro atoms. The third-order valence-electron chi connectivity index (χ3n) is 2.61. The maximum absolute atomic E-state index is 13.4. The molecule has 2 nitrogen and oxygen atoms in total. The molecule has 0 amide bonds.